The van der Waals surface area contributed by atoms with E-state index in [-0.39, 0.29) is 23.2 Å². The molecular weight excluding hydrogens is 276 g/mol. The minimum Gasteiger partial charge on any atom is -0.477 e. The third kappa shape index (κ3) is 5.02. The second-order valence-electron chi connectivity index (χ2n) is 4.81. The number of nitro groups is 1. The fourth-order valence-electron chi connectivity index (χ4n) is 1.89. The first-order chi connectivity index (χ1) is 9.99. The molecule has 0 radical (unpaired) electrons. The van der Waals surface area contributed by atoms with E-state index in [9.17, 15) is 14.9 Å². The number of hydrogen-bond acceptors (Lipinski definition) is 5. The maximum Gasteiger partial charge on any atom is 0.354 e. The predicted molar refractivity (Wildman–Crippen MR) is 76.7 cm³/mol. The average Bonchev–Trinajstić information content (AvgIpc) is 2.46. The van der Waals surface area contributed by atoms with Crippen LogP contribution in [0.2, 0.25) is 0 Å². The largest absolute Gasteiger partial charge is 0.477 e. The summed E-state index contributed by atoms with van der Waals surface area (Å²) in [6.45, 7) is 4.42. The number of pyridine rings is 1. The van der Waals surface area contributed by atoms with Crippen LogP contribution >= 0.6 is 0 Å². The van der Waals surface area contributed by atoms with Gasteiger partial charge in [-0.1, -0.05) is 33.1 Å². The van der Waals surface area contributed by atoms with Crippen LogP contribution in [0.1, 0.15) is 50.0 Å². The molecule has 0 fully saturated rings. The van der Waals surface area contributed by atoms with E-state index in [0.29, 0.717) is 6.61 Å². The Morgan fingerprint density at radius 1 is 1.48 bits per heavy atom. The molecule has 1 atom stereocenters. The lowest BCUT2D eigenvalue weighted by atomic mass is 10.0. The van der Waals surface area contributed by atoms with E-state index in [2.05, 4.69) is 11.9 Å². The minimum absolute atomic E-state index is 0.227. The topological polar surface area (TPSA) is 103 Å². The maximum atomic E-state index is 10.9. The highest BCUT2D eigenvalue weighted by Crippen LogP contribution is 2.26. The Kier molecular flexibility index (Phi) is 6.58. The van der Waals surface area contributed by atoms with Crippen LogP contribution in [0, 0.1) is 16.0 Å². The van der Waals surface area contributed by atoms with Gasteiger partial charge in [0.1, 0.15) is 0 Å². The lowest BCUT2D eigenvalue weighted by Gasteiger charge is -2.15. The molecular formula is C14H20N2O5. The lowest BCUT2D eigenvalue weighted by Crippen LogP contribution is -2.14. The molecule has 0 spiro atoms. The van der Waals surface area contributed by atoms with Gasteiger partial charge in [0.05, 0.1) is 11.5 Å². The van der Waals surface area contributed by atoms with E-state index in [1.54, 1.807) is 0 Å². The zero-order chi connectivity index (χ0) is 15.8. The second-order valence-corrected chi connectivity index (χ2v) is 4.81. The van der Waals surface area contributed by atoms with E-state index in [1.807, 2.05) is 6.92 Å². The van der Waals surface area contributed by atoms with Gasteiger partial charge < -0.3 is 9.84 Å². The molecule has 0 aliphatic carbocycles. The van der Waals surface area contributed by atoms with Crippen molar-refractivity contribution in [1.82, 2.24) is 4.98 Å². The summed E-state index contributed by atoms with van der Waals surface area (Å²) in [5.41, 5.74) is -0.581. The third-order valence-corrected chi connectivity index (χ3v) is 3.26. The Bertz CT molecular complexity index is 504. The summed E-state index contributed by atoms with van der Waals surface area (Å²) in [7, 11) is 0. The molecule has 0 amide bonds. The molecule has 7 nitrogen and oxygen atoms in total. The van der Waals surface area contributed by atoms with Gasteiger partial charge in [-0.25, -0.2) is 9.78 Å². The maximum absolute atomic E-state index is 10.9. The van der Waals surface area contributed by atoms with Crippen LogP contribution < -0.4 is 4.74 Å². The third-order valence-electron chi connectivity index (χ3n) is 3.26. The Labute approximate surface area is 123 Å². The molecule has 0 saturated carbocycles. The first-order valence-electron chi connectivity index (χ1n) is 7.01. The molecule has 0 aliphatic rings. The molecule has 116 valence electrons. The van der Waals surface area contributed by atoms with Crippen molar-refractivity contribution in [3.8, 4) is 5.88 Å². The molecule has 21 heavy (non-hydrogen) atoms. The summed E-state index contributed by atoms with van der Waals surface area (Å²) < 4.78 is 5.42. The molecule has 1 heterocycles. The summed E-state index contributed by atoms with van der Waals surface area (Å²) >= 11 is 0. The number of aromatic carboxylic acids is 1. The van der Waals surface area contributed by atoms with Gasteiger partial charge in [0.15, 0.2) is 5.69 Å². The number of aromatic nitrogens is 1. The van der Waals surface area contributed by atoms with Gasteiger partial charge >= 0.3 is 11.7 Å². The lowest BCUT2D eigenvalue weighted by molar-refractivity contribution is -0.386. The van der Waals surface area contributed by atoms with Gasteiger partial charge in [-0.05, 0) is 18.4 Å². The number of carboxylic acids is 1. The molecule has 1 rings (SSSR count). The predicted octanol–water partition coefficient (Wildman–Crippen LogP) is 3.28. The van der Waals surface area contributed by atoms with Crippen LogP contribution in [0.3, 0.4) is 0 Å². The van der Waals surface area contributed by atoms with Gasteiger partial charge in [-0.3, -0.25) is 10.1 Å². The van der Waals surface area contributed by atoms with Gasteiger partial charge in [-0.15, -0.1) is 0 Å². The van der Waals surface area contributed by atoms with Gasteiger partial charge in [-0.2, -0.15) is 0 Å². The molecule has 7 heteroatoms. The quantitative estimate of drug-likeness (QED) is 0.554. The highest BCUT2D eigenvalue weighted by atomic mass is 16.6. The van der Waals surface area contributed by atoms with E-state index < -0.39 is 10.9 Å². The number of ether oxygens (including phenoxy) is 1. The molecule has 1 unspecified atom stereocenters. The van der Waals surface area contributed by atoms with E-state index in [4.69, 9.17) is 9.84 Å². The molecule has 1 aromatic rings. The van der Waals surface area contributed by atoms with Crippen LogP contribution in [-0.4, -0.2) is 27.6 Å². The van der Waals surface area contributed by atoms with Crippen LogP contribution in [-0.2, 0) is 0 Å². The first kappa shape index (κ1) is 16.9. The molecule has 1 N–H and O–H groups in total. The van der Waals surface area contributed by atoms with E-state index in [0.717, 1.165) is 37.8 Å². The fraction of sp³-hybridized carbons (Fsp3) is 0.571. The Morgan fingerprint density at radius 2 is 2.19 bits per heavy atom. The van der Waals surface area contributed by atoms with Crippen molar-refractivity contribution >= 4 is 11.7 Å². The summed E-state index contributed by atoms with van der Waals surface area (Å²) in [5.74, 6) is -1.19. The molecule has 0 saturated heterocycles. The van der Waals surface area contributed by atoms with Gasteiger partial charge in [0.2, 0.25) is 0 Å². The smallest absolute Gasteiger partial charge is 0.354 e. The SMILES string of the molecule is CCCCC(CC)COc1nc(C(=O)O)ccc1[N+](=O)[O-]. The summed E-state index contributed by atoms with van der Waals surface area (Å²) in [6.07, 6.45) is 4.00. The number of hydrogen-bond donors (Lipinski definition) is 1. The fourth-order valence-corrected chi connectivity index (χ4v) is 1.89. The molecule has 1 aromatic heterocycles. The number of unbranched alkanes of at least 4 members (excludes halogenated alkanes) is 1. The monoisotopic (exact) mass is 296 g/mol. The zero-order valence-corrected chi connectivity index (χ0v) is 12.2. The highest BCUT2D eigenvalue weighted by Gasteiger charge is 2.21. The van der Waals surface area contributed by atoms with Crippen LogP contribution in [0.15, 0.2) is 12.1 Å². The first-order valence-corrected chi connectivity index (χ1v) is 7.01. The van der Waals surface area contributed by atoms with Crippen molar-refractivity contribution < 1.29 is 19.6 Å². The number of nitrogens with zero attached hydrogens (tertiary/aromatic N) is 2. The van der Waals surface area contributed by atoms with Crippen molar-refractivity contribution in [2.45, 2.75) is 39.5 Å². The van der Waals surface area contributed by atoms with E-state index >= 15 is 0 Å². The van der Waals surface area contributed by atoms with Crippen LogP contribution in [0.5, 0.6) is 5.88 Å². The summed E-state index contributed by atoms with van der Waals surface area (Å²) in [4.78, 5) is 24.9. The van der Waals surface area contributed by atoms with Gasteiger partial charge in [0, 0.05) is 6.07 Å². The van der Waals surface area contributed by atoms with Crippen molar-refractivity contribution in [2.75, 3.05) is 6.61 Å². The number of rotatable bonds is 9. The Hall–Kier alpha value is -2.18. The Balaban J connectivity index is 2.86. The van der Waals surface area contributed by atoms with Crippen molar-refractivity contribution in [3.63, 3.8) is 0 Å². The van der Waals surface area contributed by atoms with Crippen LogP contribution in [0.25, 0.3) is 0 Å². The molecule has 0 aromatic carbocycles. The average molecular weight is 296 g/mol. The molecule has 0 bridgehead atoms. The summed E-state index contributed by atoms with van der Waals surface area (Å²) in [5, 5.41) is 19.8. The van der Waals surface area contributed by atoms with Crippen molar-refractivity contribution in [3.05, 3.63) is 27.9 Å². The van der Waals surface area contributed by atoms with E-state index in [1.165, 1.54) is 0 Å². The number of carboxylic acid groups (broad SMARTS) is 1. The highest BCUT2D eigenvalue weighted by molar-refractivity contribution is 5.85. The van der Waals surface area contributed by atoms with Crippen molar-refractivity contribution in [2.24, 2.45) is 5.92 Å². The normalized spacial score (nSPS) is 11.9. The molecule has 0 aliphatic heterocycles. The van der Waals surface area contributed by atoms with Crippen LogP contribution in [0.4, 0.5) is 5.69 Å². The second kappa shape index (κ2) is 8.18. The van der Waals surface area contributed by atoms with Crippen molar-refractivity contribution in [1.29, 1.82) is 0 Å². The number of carbonyl (C=O) groups is 1. The standard InChI is InChI=1S/C14H20N2O5/c1-3-5-6-10(4-2)9-21-13-12(16(19)20)8-7-11(15-13)14(17)18/h7-8,10H,3-6,9H2,1-2H3,(H,17,18). The Morgan fingerprint density at radius 3 is 2.71 bits per heavy atom. The zero-order valence-electron chi connectivity index (χ0n) is 12.2. The minimum atomic E-state index is -1.24. The summed E-state index contributed by atoms with van der Waals surface area (Å²) in [6, 6.07) is 2.21. The van der Waals surface area contributed by atoms with Gasteiger partial charge in [0.25, 0.3) is 5.88 Å².